The van der Waals surface area contributed by atoms with E-state index in [-0.39, 0.29) is 22.8 Å². The zero-order valence-electron chi connectivity index (χ0n) is 4.88. The zero-order chi connectivity index (χ0) is 5.15. The second kappa shape index (κ2) is 6.92. The van der Waals surface area contributed by atoms with Crippen LogP contribution in [-0.2, 0) is 4.79 Å². The molecule has 0 aromatic heterocycles. The highest BCUT2D eigenvalue weighted by Gasteiger charge is 2.01. The minimum Gasteiger partial charge on any atom is -0.479 e. The van der Waals surface area contributed by atoms with Gasteiger partial charge in [0.2, 0.25) is 0 Å². The SMILES string of the molecule is CC(O)C(=O)O.O.[AlH2]. The average molecular weight is 137 g/mol. The molecule has 1 atom stereocenters. The first kappa shape index (κ1) is 15.7. The lowest BCUT2D eigenvalue weighted by atomic mass is 10.4. The summed E-state index contributed by atoms with van der Waals surface area (Å²) in [6.07, 6.45) is -1.23. The van der Waals surface area contributed by atoms with Crippen molar-refractivity contribution in [3.05, 3.63) is 0 Å². The average Bonchev–Trinajstić information content (AvgIpc) is 1.36. The third kappa shape index (κ3) is 9.33. The Hall–Kier alpha value is -0.0775. The van der Waals surface area contributed by atoms with E-state index in [1.165, 1.54) is 6.92 Å². The van der Waals surface area contributed by atoms with Gasteiger partial charge in [-0.3, -0.25) is 0 Å². The van der Waals surface area contributed by atoms with Crippen molar-refractivity contribution in [1.29, 1.82) is 0 Å². The van der Waals surface area contributed by atoms with Gasteiger partial charge < -0.3 is 15.7 Å². The number of hydrogen-bond donors (Lipinski definition) is 2. The van der Waals surface area contributed by atoms with E-state index in [1.54, 1.807) is 0 Å². The van der Waals surface area contributed by atoms with Crippen molar-refractivity contribution in [1.82, 2.24) is 0 Å². The molecule has 5 heteroatoms. The zero-order valence-corrected chi connectivity index (χ0v) is 6.88. The Balaban J connectivity index is -0.000000125. The topological polar surface area (TPSA) is 89.0 Å². The molecular weight excluding hydrogens is 127 g/mol. The van der Waals surface area contributed by atoms with Crippen LogP contribution in [0.25, 0.3) is 0 Å². The molecule has 0 aliphatic rings. The van der Waals surface area contributed by atoms with E-state index in [9.17, 15) is 4.79 Å². The fraction of sp³-hybridized carbons (Fsp3) is 0.667. The van der Waals surface area contributed by atoms with Crippen molar-refractivity contribution >= 4 is 23.3 Å². The van der Waals surface area contributed by atoms with Crippen LogP contribution in [0.3, 0.4) is 0 Å². The van der Waals surface area contributed by atoms with Crippen LogP contribution in [0.15, 0.2) is 0 Å². The molecule has 49 valence electrons. The number of aliphatic carboxylic acids is 1. The summed E-state index contributed by atoms with van der Waals surface area (Å²) < 4.78 is 0. The number of hydrogen-bond acceptors (Lipinski definition) is 2. The maximum Gasteiger partial charge on any atom is 0.332 e. The lowest BCUT2D eigenvalue weighted by molar-refractivity contribution is -0.145. The van der Waals surface area contributed by atoms with Gasteiger partial charge in [0.25, 0.3) is 0 Å². The van der Waals surface area contributed by atoms with Crippen molar-refractivity contribution in [2.75, 3.05) is 0 Å². The predicted molar refractivity (Wildman–Crippen MR) is 31.5 cm³/mol. The first-order valence-electron chi connectivity index (χ1n) is 1.55. The van der Waals surface area contributed by atoms with E-state index < -0.39 is 12.1 Å². The van der Waals surface area contributed by atoms with Crippen LogP contribution in [0.4, 0.5) is 0 Å². The molecule has 8 heavy (non-hydrogen) atoms. The molecule has 4 nitrogen and oxygen atoms in total. The Labute approximate surface area is 57.6 Å². The standard InChI is InChI=1S/C3H6O3.Al.H2O.2H/c1-2(4)3(5)6;;;;/h2,4H,1H3,(H,5,6);;1H2;;. The van der Waals surface area contributed by atoms with E-state index in [0.29, 0.717) is 0 Å². The molecule has 0 saturated heterocycles. The molecule has 0 spiro atoms. The van der Waals surface area contributed by atoms with Crippen molar-refractivity contribution in [2.45, 2.75) is 13.0 Å². The second-order valence-corrected chi connectivity index (χ2v) is 1.01. The van der Waals surface area contributed by atoms with Crippen LogP contribution in [-0.4, -0.2) is 45.1 Å². The smallest absolute Gasteiger partial charge is 0.332 e. The number of carbonyl (C=O) groups is 1. The highest BCUT2D eigenvalue weighted by molar-refractivity contribution is 5.75. The minimum atomic E-state index is -1.23. The Kier molecular flexibility index (Phi) is 13.6. The lowest BCUT2D eigenvalue weighted by Crippen LogP contribution is -2.13. The van der Waals surface area contributed by atoms with Gasteiger partial charge in [0.05, 0.1) is 0 Å². The number of rotatable bonds is 1. The molecule has 0 aromatic rings. The van der Waals surface area contributed by atoms with Gasteiger partial charge in [-0.1, -0.05) is 0 Å². The molecule has 0 bridgehead atoms. The summed E-state index contributed by atoms with van der Waals surface area (Å²) in [4.78, 5) is 9.45. The fourth-order valence-electron chi connectivity index (χ4n) is 0. The summed E-state index contributed by atoms with van der Waals surface area (Å²) in [5, 5.41) is 15.8. The van der Waals surface area contributed by atoms with E-state index in [0.717, 1.165) is 0 Å². The fourth-order valence-corrected chi connectivity index (χ4v) is 0. The molecule has 1 radical (unpaired) electrons. The second-order valence-electron chi connectivity index (χ2n) is 1.01. The predicted octanol–water partition coefficient (Wildman–Crippen LogP) is -2.29. The van der Waals surface area contributed by atoms with E-state index >= 15 is 0 Å². The normalized spacial score (nSPS) is 10.2. The molecule has 0 saturated carbocycles. The lowest BCUT2D eigenvalue weighted by Gasteiger charge is -1.89. The van der Waals surface area contributed by atoms with E-state index in [4.69, 9.17) is 10.2 Å². The highest BCUT2D eigenvalue weighted by atomic mass is 27.0. The Morgan fingerprint density at radius 3 is 1.75 bits per heavy atom. The summed E-state index contributed by atoms with van der Waals surface area (Å²) in [6.45, 7) is 1.20. The first-order valence-corrected chi connectivity index (χ1v) is 1.55. The van der Waals surface area contributed by atoms with Crippen molar-refractivity contribution < 1.29 is 20.5 Å². The molecule has 4 N–H and O–H groups in total. The molecule has 0 rings (SSSR count). The molecule has 0 heterocycles. The molecule has 0 aliphatic heterocycles. The van der Waals surface area contributed by atoms with Crippen molar-refractivity contribution in [3.8, 4) is 0 Å². The minimum absolute atomic E-state index is 0. The van der Waals surface area contributed by atoms with Crippen LogP contribution in [0.2, 0.25) is 0 Å². The van der Waals surface area contributed by atoms with Crippen LogP contribution in [0.5, 0.6) is 0 Å². The largest absolute Gasteiger partial charge is 0.479 e. The number of carboxylic acids is 1. The molecule has 0 aliphatic carbocycles. The first-order chi connectivity index (χ1) is 2.64. The van der Waals surface area contributed by atoms with Gasteiger partial charge in [0, 0.05) is 0 Å². The number of aliphatic hydroxyl groups is 1. The van der Waals surface area contributed by atoms with Crippen LogP contribution < -0.4 is 0 Å². The summed E-state index contributed by atoms with van der Waals surface area (Å²) in [5.41, 5.74) is 0. The van der Waals surface area contributed by atoms with Crippen LogP contribution in [0, 0.1) is 0 Å². The van der Waals surface area contributed by atoms with Crippen molar-refractivity contribution in [3.63, 3.8) is 0 Å². The summed E-state index contributed by atoms with van der Waals surface area (Å²) in [5.74, 6) is -1.19. The quantitative estimate of drug-likeness (QED) is 0.398. The van der Waals surface area contributed by atoms with Gasteiger partial charge in [0.1, 0.15) is 23.5 Å². The van der Waals surface area contributed by atoms with Crippen molar-refractivity contribution in [2.24, 2.45) is 0 Å². The summed E-state index contributed by atoms with van der Waals surface area (Å²) >= 11 is 0. The highest BCUT2D eigenvalue weighted by Crippen LogP contribution is 1.73. The van der Waals surface area contributed by atoms with Gasteiger partial charge in [-0.2, -0.15) is 0 Å². The Morgan fingerprint density at radius 1 is 1.62 bits per heavy atom. The van der Waals surface area contributed by atoms with Gasteiger partial charge in [-0.15, -0.1) is 0 Å². The Bertz CT molecular complexity index is 62.3. The summed E-state index contributed by atoms with van der Waals surface area (Å²) in [7, 11) is 0. The van der Waals surface area contributed by atoms with Crippen LogP contribution >= 0.6 is 0 Å². The number of carboxylic acid groups (broad SMARTS) is 1. The van der Waals surface area contributed by atoms with Gasteiger partial charge in [0.15, 0.2) is 0 Å². The molecule has 1 unspecified atom stereocenters. The summed E-state index contributed by atoms with van der Waals surface area (Å²) in [6, 6.07) is 0. The molecular formula is C3H10AlO4. The Morgan fingerprint density at radius 2 is 1.75 bits per heavy atom. The van der Waals surface area contributed by atoms with Gasteiger partial charge >= 0.3 is 5.97 Å². The van der Waals surface area contributed by atoms with E-state index in [2.05, 4.69) is 0 Å². The molecule has 0 amide bonds. The third-order valence-corrected chi connectivity index (χ3v) is 0.357. The van der Waals surface area contributed by atoms with Crippen LogP contribution in [0.1, 0.15) is 6.92 Å². The molecule has 0 fully saturated rings. The van der Waals surface area contributed by atoms with E-state index in [1.807, 2.05) is 0 Å². The van der Waals surface area contributed by atoms with Gasteiger partial charge in [-0.05, 0) is 6.92 Å². The third-order valence-electron chi connectivity index (χ3n) is 0.357. The maximum atomic E-state index is 9.45. The van der Waals surface area contributed by atoms with Gasteiger partial charge in [-0.25, -0.2) is 4.79 Å². The number of aliphatic hydroxyl groups excluding tert-OH is 1. The monoisotopic (exact) mass is 137 g/mol. The maximum absolute atomic E-state index is 9.45. The molecule has 0 aromatic carbocycles.